The van der Waals surface area contributed by atoms with Gasteiger partial charge in [-0.3, -0.25) is 4.79 Å². The number of benzene rings is 1. The lowest BCUT2D eigenvalue weighted by Gasteiger charge is -2.18. The van der Waals surface area contributed by atoms with Gasteiger partial charge in [0, 0.05) is 23.6 Å². The molecule has 2 heterocycles. The zero-order valence-electron chi connectivity index (χ0n) is 15.4. The van der Waals surface area contributed by atoms with E-state index in [-0.39, 0.29) is 5.56 Å². The molecule has 3 aromatic rings. The van der Waals surface area contributed by atoms with Crippen LogP contribution >= 0.6 is 22.9 Å². The van der Waals surface area contributed by atoms with Crippen LogP contribution in [0.1, 0.15) is 23.8 Å². The van der Waals surface area contributed by atoms with Gasteiger partial charge in [0.1, 0.15) is 4.83 Å². The Kier molecular flexibility index (Phi) is 5.21. The van der Waals surface area contributed by atoms with E-state index in [2.05, 4.69) is 12.2 Å². The maximum atomic E-state index is 13.5. The summed E-state index contributed by atoms with van der Waals surface area (Å²) < 4.78 is 6.78. The molecule has 27 heavy (non-hydrogen) atoms. The molecule has 0 spiro atoms. The van der Waals surface area contributed by atoms with E-state index in [1.807, 2.05) is 12.1 Å². The molecule has 1 aliphatic carbocycles. The Labute approximate surface area is 167 Å². The van der Waals surface area contributed by atoms with Gasteiger partial charge >= 0.3 is 0 Å². The van der Waals surface area contributed by atoms with Crippen LogP contribution in [0, 0.1) is 5.92 Å². The summed E-state index contributed by atoms with van der Waals surface area (Å²) >= 11 is 7.69. The van der Waals surface area contributed by atoms with Crippen molar-refractivity contribution >= 4 is 39.1 Å². The van der Waals surface area contributed by atoms with Crippen molar-refractivity contribution in [2.45, 2.75) is 26.2 Å². The van der Waals surface area contributed by atoms with Crippen molar-refractivity contribution in [2.24, 2.45) is 5.92 Å². The standard InChI is InChI=1S/C20H22ClN3O2S/c1-12-3-8-16-15(11-12)17-18(27-16)23-20(22-9-10-26-2)24(19(17)25)14-6-4-13(21)5-7-14/h4-7,12H,3,8-11H2,1-2H3,(H,22,23). The van der Waals surface area contributed by atoms with E-state index in [0.29, 0.717) is 30.0 Å². The first-order chi connectivity index (χ1) is 13.1. The molecule has 0 bridgehead atoms. The topological polar surface area (TPSA) is 56.1 Å². The summed E-state index contributed by atoms with van der Waals surface area (Å²) in [5, 5.41) is 4.66. The Morgan fingerprint density at radius 2 is 2.15 bits per heavy atom. The van der Waals surface area contributed by atoms with Gasteiger partial charge < -0.3 is 10.1 Å². The van der Waals surface area contributed by atoms with Crippen molar-refractivity contribution in [3.8, 4) is 5.69 Å². The number of aromatic nitrogens is 2. The molecule has 142 valence electrons. The van der Waals surface area contributed by atoms with E-state index < -0.39 is 0 Å². The summed E-state index contributed by atoms with van der Waals surface area (Å²) in [7, 11) is 1.65. The van der Waals surface area contributed by atoms with Gasteiger partial charge in [-0.15, -0.1) is 11.3 Å². The number of fused-ring (bicyclic) bond motifs is 3. The van der Waals surface area contributed by atoms with Gasteiger partial charge in [-0.05, 0) is 55.0 Å². The quantitative estimate of drug-likeness (QED) is 0.646. The van der Waals surface area contributed by atoms with Crippen LogP contribution in [0.2, 0.25) is 5.02 Å². The first-order valence-corrected chi connectivity index (χ1v) is 10.3. The largest absolute Gasteiger partial charge is 0.383 e. The van der Waals surface area contributed by atoms with E-state index in [4.69, 9.17) is 21.3 Å². The van der Waals surface area contributed by atoms with Crippen LogP contribution in [0.3, 0.4) is 0 Å². The highest BCUT2D eigenvalue weighted by Crippen LogP contribution is 2.36. The highest BCUT2D eigenvalue weighted by Gasteiger charge is 2.25. The van der Waals surface area contributed by atoms with Crippen LogP contribution in [0.25, 0.3) is 15.9 Å². The maximum absolute atomic E-state index is 13.5. The minimum atomic E-state index is -0.0196. The van der Waals surface area contributed by atoms with Crippen molar-refractivity contribution in [2.75, 3.05) is 25.6 Å². The average Bonchev–Trinajstić information content (AvgIpc) is 3.01. The van der Waals surface area contributed by atoms with E-state index in [1.54, 1.807) is 35.1 Å². The highest BCUT2D eigenvalue weighted by molar-refractivity contribution is 7.18. The number of thiophene rings is 1. The molecule has 1 aromatic carbocycles. The van der Waals surface area contributed by atoms with Crippen LogP contribution in [0.15, 0.2) is 29.1 Å². The first-order valence-electron chi connectivity index (χ1n) is 9.14. The van der Waals surface area contributed by atoms with Crippen LogP contribution in [0.5, 0.6) is 0 Å². The number of hydrogen-bond acceptors (Lipinski definition) is 5. The number of nitrogens with zero attached hydrogens (tertiary/aromatic N) is 2. The lowest BCUT2D eigenvalue weighted by molar-refractivity contribution is 0.210. The van der Waals surface area contributed by atoms with Crippen LogP contribution in [-0.2, 0) is 17.6 Å². The zero-order valence-corrected chi connectivity index (χ0v) is 17.0. The molecule has 0 radical (unpaired) electrons. The van der Waals surface area contributed by atoms with E-state index in [9.17, 15) is 4.79 Å². The van der Waals surface area contributed by atoms with Gasteiger partial charge in [-0.2, -0.15) is 0 Å². The van der Waals surface area contributed by atoms with Crippen LogP contribution < -0.4 is 10.9 Å². The predicted molar refractivity (Wildman–Crippen MR) is 112 cm³/mol. The minimum Gasteiger partial charge on any atom is -0.383 e. The molecule has 1 aliphatic rings. The third kappa shape index (κ3) is 3.49. The number of rotatable bonds is 5. The Morgan fingerprint density at radius 1 is 1.37 bits per heavy atom. The number of methoxy groups -OCH3 is 1. The summed E-state index contributed by atoms with van der Waals surface area (Å²) in [6.45, 7) is 3.36. The van der Waals surface area contributed by atoms with Crippen molar-refractivity contribution in [3.05, 3.63) is 50.1 Å². The Bertz CT molecular complexity index is 1030. The van der Waals surface area contributed by atoms with E-state index in [1.165, 1.54) is 16.9 Å². The molecule has 0 fully saturated rings. The van der Waals surface area contributed by atoms with Crippen molar-refractivity contribution < 1.29 is 4.74 Å². The monoisotopic (exact) mass is 403 g/mol. The van der Waals surface area contributed by atoms with Crippen LogP contribution in [-0.4, -0.2) is 29.8 Å². The molecule has 1 unspecified atom stereocenters. The molecule has 4 rings (SSSR count). The molecule has 0 amide bonds. The SMILES string of the molecule is COCCNc1nc2sc3c(c2c(=O)n1-c1ccc(Cl)cc1)CC(C)CC3. The fourth-order valence-corrected chi connectivity index (χ4v) is 4.94. The highest BCUT2D eigenvalue weighted by atomic mass is 35.5. The van der Waals surface area contributed by atoms with Crippen molar-refractivity contribution in [1.82, 2.24) is 9.55 Å². The molecule has 5 nitrogen and oxygen atoms in total. The van der Waals surface area contributed by atoms with Crippen molar-refractivity contribution in [3.63, 3.8) is 0 Å². The second-order valence-electron chi connectivity index (χ2n) is 7.00. The predicted octanol–water partition coefficient (Wildman–Crippen LogP) is 4.28. The molecule has 7 heteroatoms. The Morgan fingerprint density at radius 3 is 2.89 bits per heavy atom. The third-order valence-electron chi connectivity index (χ3n) is 5.00. The molecular formula is C20H22ClN3O2S. The Balaban J connectivity index is 1.92. The number of anilines is 1. The fraction of sp³-hybridized carbons (Fsp3) is 0.400. The van der Waals surface area contributed by atoms with Gasteiger partial charge in [0.15, 0.2) is 0 Å². The zero-order chi connectivity index (χ0) is 19.0. The second-order valence-corrected chi connectivity index (χ2v) is 8.52. The first kappa shape index (κ1) is 18.5. The minimum absolute atomic E-state index is 0.0196. The normalized spacial score (nSPS) is 16.5. The number of ether oxygens (including phenoxy) is 1. The molecule has 1 N–H and O–H groups in total. The lowest BCUT2D eigenvalue weighted by atomic mass is 9.89. The lowest BCUT2D eigenvalue weighted by Crippen LogP contribution is -2.25. The summed E-state index contributed by atoms with van der Waals surface area (Å²) in [5.41, 5.74) is 1.92. The third-order valence-corrected chi connectivity index (χ3v) is 6.44. The van der Waals surface area contributed by atoms with Gasteiger partial charge in [0.2, 0.25) is 5.95 Å². The smallest absolute Gasteiger partial charge is 0.268 e. The van der Waals surface area contributed by atoms with Gasteiger partial charge in [0.05, 0.1) is 17.7 Å². The second kappa shape index (κ2) is 7.62. The van der Waals surface area contributed by atoms with Gasteiger partial charge in [-0.25, -0.2) is 9.55 Å². The van der Waals surface area contributed by atoms with E-state index in [0.717, 1.165) is 28.7 Å². The molecule has 2 aromatic heterocycles. The van der Waals surface area contributed by atoms with Gasteiger partial charge in [0.25, 0.3) is 5.56 Å². The molecule has 1 atom stereocenters. The molecule has 0 saturated carbocycles. The van der Waals surface area contributed by atoms with Crippen molar-refractivity contribution in [1.29, 1.82) is 0 Å². The maximum Gasteiger partial charge on any atom is 0.268 e. The number of aryl methyl sites for hydroxylation is 1. The summed E-state index contributed by atoms with van der Waals surface area (Å²) in [4.78, 5) is 20.5. The number of nitrogens with one attached hydrogen (secondary N) is 1. The van der Waals surface area contributed by atoms with E-state index >= 15 is 0 Å². The summed E-state index contributed by atoms with van der Waals surface area (Å²) in [6.07, 6.45) is 3.15. The number of hydrogen-bond donors (Lipinski definition) is 1. The van der Waals surface area contributed by atoms with Crippen LogP contribution in [0.4, 0.5) is 5.95 Å². The average molecular weight is 404 g/mol. The number of halogens is 1. The molecular weight excluding hydrogens is 382 g/mol. The fourth-order valence-electron chi connectivity index (χ4n) is 3.61. The Hall–Kier alpha value is -1.89. The molecule has 0 saturated heterocycles. The summed E-state index contributed by atoms with van der Waals surface area (Å²) in [5.74, 6) is 1.14. The summed E-state index contributed by atoms with van der Waals surface area (Å²) in [6, 6.07) is 7.27. The van der Waals surface area contributed by atoms with Gasteiger partial charge in [-0.1, -0.05) is 18.5 Å². The molecule has 0 aliphatic heterocycles.